The van der Waals surface area contributed by atoms with Crippen molar-refractivity contribution in [3.63, 3.8) is 0 Å². The van der Waals surface area contributed by atoms with Gasteiger partial charge < -0.3 is 0 Å². The van der Waals surface area contributed by atoms with E-state index in [2.05, 4.69) is 0 Å². The van der Waals surface area contributed by atoms with Crippen LogP contribution in [-0.2, 0) is 0 Å². The molecule has 2 N–H and O–H groups in total. The summed E-state index contributed by atoms with van der Waals surface area (Å²) < 4.78 is 25.1. The first-order valence-electron chi connectivity index (χ1n) is 4.68. The van der Waals surface area contributed by atoms with Crippen molar-refractivity contribution in [1.82, 2.24) is 9.91 Å². The maximum absolute atomic E-state index is 12.5. The van der Waals surface area contributed by atoms with Gasteiger partial charge in [0.1, 0.15) is 0 Å². The van der Waals surface area contributed by atoms with Crippen LogP contribution in [0.15, 0.2) is 0 Å². The Morgan fingerprint density at radius 1 is 1.15 bits per heavy atom. The Bertz CT molecular complexity index is 182. The molecule has 0 aromatic rings. The van der Waals surface area contributed by atoms with Crippen molar-refractivity contribution in [2.24, 2.45) is 5.84 Å². The highest BCUT2D eigenvalue weighted by molar-refractivity contribution is 4.92. The molecule has 0 unspecified atom stereocenters. The normalized spacial score (nSPS) is 31.6. The Balaban J connectivity index is 1.78. The number of likely N-dealkylation sites (tertiary alicyclic amines) is 1. The van der Waals surface area contributed by atoms with Gasteiger partial charge in [-0.2, -0.15) is 0 Å². The molecule has 2 aliphatic rings. The molecule has 2 aliphatic heterocycles. The predicted octanol–water partition coefficient (Wildman–Crippen LogP) is 0.275. The van der Waals surface area contributed by atoms with Gasteiger partial charge in [0.05, 0.1) is 13.1 Å². The van der Waals surface area contributed by atoms with Gasteiger partial charge in [0, 0.05) is 19.1 Å². The van der Waals surface area contributed by atoms with Gasteiger partial charge in [0.25, 0.3) is 5.92 Å². The van der Waals surface area contributed by atoms with Crippen molar-refractivity contribution in [3.05, 3.63) is 0 Å². The van der Waals surface area contributed by atoms with Gasteiger partial charge in [-0.1, -0.05) is 0 Å². The summed E-state index contributed by atoms with van der Waals surface area (Å²) in [7, 11) is 0. The van der Waals surface area contributed by atoms with Gasteiger partial charge >= 0.3 is 0 Å². The molecule has 0 bridgehead atoms. The summed E-state index contributed by atoms with van der Waals surface area (Å²) in [5.74, 6) is 3.15. The monoisotopic (exact) mass is 191 g/mol. The maximum atomic E-state index is 12.5. The van der Waals surface area contributed by atoms with Crippen LogP contribution in [0.1, 0.15) is 12.8 Å². The second kappa shape index (κ2) is 3.15. The highest BCUT2D eigenvalue weighted by Crippen LogP contribution is 2.31. The van der Waals surface area contributed by atoms with Crippen LogP contribution < -0.4 is 5.84 Å². The number of alkyl halides is 2. The summed E-state index contributed by atoms with van der Waals surface area (Å²) in [5, 5.41) is 1.76. The molecular formula is C8H15F2N3. The Kier molecular flexibility index (Phi) is 2.25. The maximum Gasteiger partial charge on any atom is 0.272 e. The highest BCUT2D eigenvalue weighted by atomic mass is 19.3. The van der Waals surface area contributed by atoms with Gasteiger partial charge in [0.15, 0.2) is 0 Å². The van der Waals surface area contributed by atoms with E-state index in [1.807, 2.05) is 4.90 Å². The van der Waals surface area contributed by atoms with Crippen LogP contribution in [0, 0.1) is 0 Å². The van der Waals surface area contributed by atoms with Gasteiger partial charge in [-0.3, -0.25) is 10.7 Å². The summed E-state index contributed by atoms with van der Waals surface area (Å²) in [5.41, 5.74) is 0. The first-order chi connectivity index (χ1) is 6.07. The highest BCUT2D eigenvalue weighted by Gasteiger charge is 2.46. The minimum Gasteiger partial charge on any atom is -0.288 e. The zero-order valence-corrected chi connectivity index (χ0v) is 7.55. The summed E-state index contributed by atoms with van der Waals surface area (Å²) in [6.07, 6.45) is 1.85. The van der Waals surface area contributed by atoms with Gasteiger partial charge in [-0.05, 0) is 12.8 Å². The number of rotatable bonds is 1. The van der Waals surface area contributed by atoms with Crippen LogP contribution >= 0.6 is 0 Å². The fourth-order valence-corrected chi connectivity index (χ4v) is 2.06. The number of nitrogens with two attached hydrogens (primary N) is 1. The topological polar surface area (TPSA) is 32.5 Å². The number of nitrogens with zero attached hydrogens (tertiary/aromatic N) is 2. The van der Waals surface area contributed by atoms with E-state index in [4.69, 9.17) is 5.84 Å². The van der Waals surface area contributed by atoms with Crippen molar-refractivity contribution < 1.29 is 8.78 Å². The molecule has 2 heterocycles. The molecule has 2 saturated heterocycles. The summed E-state index contributed by atoms with van der Waals surface area (Å²) in [6, 6.07) is 0.333. The number of hydrogen-bond acceptors (Lipinski definition) is 3. The van der Waals surface area contributed by atoms with Crippen LogP contribution in [0.5, 0.6) is 0 Å². The molecule has 2 rings (SSSR count). The van der Waals surface area contributed by atoms with E-state index in [0.29, 0.717) is 6.04 Å². The molecule has 0 spiro atoms. The third-order valence-corrected chi connectivity index (χ3v) is 2.88. The molecule has 0 amide bonds. The third kappa shape index (κ3) is 1.98. The summed E-state index contributed by atoms with van der Waals surface area (Å²) in [4.78, 5) is 1.87. The average Bonchev–Trinajstić information content (AvgIpc) is 2.01. The largest absolute Gasteiger partial charge is 0.288 e. The number of halogens is 2. The zero-order valence-electron chi connectivity index (χ0n) is 7.55. The van der Waals surface area contributed by atoms with E-state index >= 15 is 0 Å². The SMILES string of the molecule is NN1CCC(N2CC(F)(F)C2)CC1. The summed E-state index contributed by atoms with van der Waals surface area (Å²) >= 11 is 0. The van der Waals surface area contributed by atoms with Gasteiger partial charge in [-0.15, -0.1) is 0 Å². The number of hydrazine groups is 1. The van der Waals surface area contributed by atoms with Crippen LogP contribution in [0.4, 0.5) is 8.78 Å². The lowest BCUT2D eigenvalue weighted by molar-refractivity contribution is -0.151. The van der Waals surface area contributed by atoms with Crippen LogP contribution in [-0.4, -0.2) is 48.1 Å². The molecule has 0 radical (unpaired) electrons. The molecule has 76 valence electrons. The minimum absolute atomic E-state index is 0.0533. The molecular weight excluding hydrogens is 176 g/mol. The van der Waals surface area contributed by atoms with Crippen molar-refractivity contribution in [2.75, 3.05) is 26.2 Å². The van der Waals surface area contributed by atoms with E-state index in [1.54, 1.807) is 5.01 Å². The Labute approximate surface area is 76.4 Å². The van der Waals surface area contributed by atoms with Crippen molar-refractivity contribution >= 4 is 0 Å². The van der Waals surface area contributed by atoms with E-state index in [0.717, 1.165) is 25.9 Å². The second-order valence-corrected chi connectivity index (χ2v) is 4.03. The fraction of sp³-hybridized carbons (Fsp3) is 1.00. The van der Waals surface area contributed by atoms with E-state index in [1.165, 1.54) is 0 Å². The van der Waals surface area contributed by atoms with E-state index in [-0.39, 0.29) is 13.1 Å². The zero-order chi connectivity index (χ0) is 9.47. The quantitative estimate of drug-likeness (QED) is 0.604. The lowest BCUT2D eigenvalue weighted by atomic mass is 9.99. The van der Waals surface area contributed by atoms with Crippen LogP contribution in [0.25, 0.3) is 0 Å². The first-order valence-corrected chi connectivity index (χ1v) is 4.68. The molecule has 13 heavy (non-hydrogen) atoms. The standard InChI is InChI=1S/C8H15F2N3/c9-8(10)5-12(6-8)7-1-3-13(11)4-2-7/h7H,1-6,11H2. The Morgan fingerprint density at radius 2 is 1.69 bits per heavy atom. The molecule has 0 atom stereocenters. The van der Waals surface area contributed by atoms with Gasteiger partial charge in [0.2, 0.25) is 0 Å². The lowest BCUT2D eigenvalue weighted by Crippen LogP contribution is -2.61. The molecule has 0 aromatic heterocycles. The molecule has 0 aromatic carbocycles. The van der Waals surface area contributed by atoms with Gasteiger partial charge in [-0.25, -0.2) is 13.8 Å². The molecule has 3 nitrogen and oxygen atoms in total. The Morgan fingerprint density at radius 3 is 2.15 bits per heavy atom. The third-order valence-electron chi connectivity index (χ3n) is 2.88. The summed E-state index contributed by atoms with van der Waals surface area (Å²) in [6.45, 7) is 1.55. The van der Waals surface area contributed by atoms with E-state index < -0.39 is 5.92 Å². The van der Waals surface area contributed by atoms with Crippen molar-refractivity contribution in [1.29, 1.82) is 0 Å². The van der Waals surface area contributed by atoms with Crippen molar-refractivity contribution in [2.45, 2.75) is 24.8 Å². The molecule has 5 heteroatoms. The molecule has 0 saturated carbocycles. The molecule has 2 fully saturated rings. The van der Waals surface area contributed by atoms with Crippen molar-refractivity contribution in [3.8, 4) is 0 Å². The first kappa shape index (κ1) is 9.30. The molecule has 0 aliphatic carbocycles. The second-order valence-electron chi connectivity index (χ2n) is 4.03. The average molecular weight is 191 g/mol. The lowest BCUT2D eigenvalue weighted by Gasteiger charge is -2.46. The fourth-order valence-electron chi connectivity index (χ4n) is 2.06. The minimum atomic E-state index is -2.43. The number of hydrogen-bond donors (Lipinski definition) is 1. The smallest absolute Gasteiger partial charge is 0.272 e. The number of piperidine rings is 1. The Hall–Kier alpha value is -0.260. The van der Waals surface area contributed by atoms with E-state index in [9.17, 15) is 8.78 Å². The predicted molar refractivity (Wildman–Crippen MR) is 45.3 cm³/mol. The van der Waals surface area contributed by atoms with Crippen LogP contribution in [0.3, 0.4) is 0 Å². The van der Waals surface area contributed by atoms with Crippen LogP contribution in [0.2, 0.25) is 0 Å².